The number of carbonyl (C=O) groups is 4. The van der Waals surface area contributed by atoms with Crippen LogP contribution in [0.15, 0.2) is 48.5 Å². The first-order chi connectivity index (χ1) is 15.8. The van der Waals surface area contributed by atoms with Crippen LogP contribution < -0.4 is 15.4 Å². The van der Waals surface area contributed by atoms with E-state index < -0.39 is 30.4 Å². The SMILES string of the molecule is CCOc1ccc(NC(=O)COC(=O)CCC(=O)Nc2ccc(C(=O)OC(C)C)cc2)cc1. The Hall–Kier alpha value is -3.88. The first kappa shape index (κ1) is 25.4. The van der Waals surface area contributed by atoms with Crippen LogP contribution in [0.4, 0.5) is 11.4 Å². The number of ether oxygens (including phenoxy) is 3. The van der Waals surface area contributed by atoms with Crippen molar-refractivity contribution in [1.82, 2.24) is 0 Å². The minimum Gasteiger partial charge on any atom is -0.494 e. The first-order valence-corrected chi connectivity index (χ1v) is 10.6. The Morgan fingerprint density at radius 3 is 1.97 bits per heavy atom. The molecule has 9 nitrogen and oxygen atoms in total. The van der Waals surface area contributed by atoms with E-state index in [0.29, 0.717) is 29.3 Å². The molecule has 2 amide bonds. The number of anilines is 2. The van der Waals surface area contributed by atoms with E-state index in [1.165, 1.54) is 12.1 Å². The van der Waals surface area contributed by atoms with Gasteiger partial charge in [-0.05, 0) is 69.3 Å². The minimum absolute atomic E-state index is 0.115. The fourth-order valence-electron chi connectivity index (χ4n) is 2.63. The first-order valence-electron chi connectivity index (χ1n) is 10.6. The van der Waals surface area contributed by atoms with Gasteiger partial charge in [0.15, 0.2) is 6.61 Å². The van der Waals surface area contributed by atoms with Gasteiger partial charge < -0.3 is 24.8 Å². The van der Waals surface area contributed by atoms with Crippen molar-refractivity contribution >= 4 is 35.1 Å². The summed E-state index contributed by atoms with van der Waals surface area (Å²) in [5.74, 6) is -1.32. The van der Waals surface area contributed by atoms with Crippen molar-refractivity contribution in [2.75, 3.05) is 23.8 Å². The fraction of sp³-hybridized carbons (Fsp3) is 0.333. The number of carbonyl (C=O) groups excluding carboxylic acids is 4. The molecule has 0 heterocycles. The number of nitrogens with one attached hydrogen (secondary N) is 2. The van der Waals surface area contributed by atoms with Gasteiger partial charge in [-0.2, -0.15) is 0 Å². The van der Waals surface area contributed by atoms with E-state index in [1.807, 2.05) is 6.92 Å². The number of hydrogen-bond donors (Lipinski definition) is 2. The summed E-state index contributed by atoms with van der Waals surface area (Å²) >= 11 is 0. The van der Waals surface area contributed by atoms with Gasteiger partial charge in [0, 0.05) is 17.8 Å². The molecule has 2 aromatic carbocycles. The summed E-state index contributed by atoms with van der Waals surface area (Å²) in [5, 5.41) is 5.23. The second-order valence-electron chi connectivity index (χ2n) is 7.25. The molecular formula is C24H28N2O7. The van der Waals surface area contributed by atoms with Crippen LogP contribution in [0.5, 0.6) is 5.75 Å². The van der Waals surface area contributed by atoms with E-state index in [4.69, 9.17) is 14.2 Å². The Bertz CT molecular complexity index is 954. The summed E-state index contributed by atoms with van der Waals surface area (Å²) < 4.78 is 15.3. The third-order valence-corrected chi connectivity index (χ3v) is 4.12. The summed E-state index contributed by atoms with van der Waals surface area (Å²) in [7, 11) is 0. The van der Waals surface area contributed by atoms with Crippen LogP contribution in [0.25, 0.3) is 0 Å². The molecule has 33 heavy (non-hydrogen) atoms. The minimum atomic E-state index is -0.668. The molecular weight excluding hydrogens is 428 g/mol. The summed E-state index contributed by atoms with van der Waals surface area (Å²) in [6.07, 6.45) is -0.521. The molecule has 0 aliphatic rings. The van der Waals surface area contributed by atoms with Crippen LogP contribution in [0.1, 0.15) is 44.0 Å². The van der Waals surface area contributed by atoms with Crippen LogP contribution in [-0.4, -0.2) is 43.1 Å². The van der Waals surface area contributed by atoms with Crippen molar-refractivity contribution in [3.8, 4) is 5.75 Å². The third-order valence-electron chi connectivity index (χ3n) is 4.12. The highest BCUT2D eigenvalue weighted by atomic mass is 16.5. The van der Waals surface area contributed by atoms with Gasteiger partial charge in [0.1, 0.15) is 5.75 Å². The predicted molar refractivity (Wildman–Crippen MR) is 122 cm³/mol. The molecule has 0 bridgehead atoms. The molecule has 2 aromatic rings. The van der Waals surface area contributed by atoms with Crippen LogP contribution in [0.3, 0.4) is 0 Å². The molecule has 0 fully saturated rings. The highest BCUT2D eigenvalue weighted by Gasteiger charge is 2.12. The maximum absolute atomic E-state index is 12.0. The van der Waals surface area contributed by atoms with E-state index in [0.717, 1.165) is 0 Å². The quantitative estimate of drug-likeness (QED) is 0.496. The number of benzene rings is 2. The van der Waals surface area contributed by atoms with E-state index >= 15 is 0 Å². The molecule has 2 rings (SSSR count). The lowest BCUT2D eigenvalue weighted by Crippen LogP contribution is -2.21. The number of amides is 2. The summed E-state index contributed by atoms with van der Waals surface area (Å²) in [4.78, 5) is 47.6. The highest BCUT2D eigenvalue weighted by molar-refractivity contribution is 5.95. The average Bonchev–Trinajstić information content (AvgIpc) is 2.78. The van der Waals surface area contributed by atoms with Crippen LogP contribution in [-0.2, 0) is 23.9 Å². The van der Waals surface area contributed by atoms with Gasteiger partial charge >= 0.3 is 11.9 Å². The third kappa shape index (κ3) is 9.42. The zero-order valence-electron chi connectivity index (χ0n) is 18.9. The van der Waals surface area contributed by atoms with Crippen LogP contribution in [0.2, 0.25) is 0 Å². The summed E-state index contributed by atoms with van der Waals surface area (Å²) in [6, 6.07) is 13.0. The van der Waals surface area contributed by atoms with Crippen molar-refractivity contribution in [3.63, 3.8) is 0 Å². The Labute approximate surface area is 192 Å². The summed E-state index contributed by atoms with van der Waals surface area (Å²) in [6.45, 7) is 5.47. The van der Waals surface area contributed by atoms with Crippen LogP contribution in [0, 0.1) is 0 Å². The lowest BCUT2D eigenvalue weighted by atomic mass is 10.2. The zero-order valence-corrected chi connectivity index (χ0v) is 18.9. The molecule has 0 saturated carbocycles. The van der Waals surface area contributed by atoms with Gasteiger partial charge in [-0.25, -0.2) is 4.79 Å². The highest BCUT2D eigenvalue weighted by Crippen LogP contribution is 2.15. The molecule has 9 heteroatoms. The predicted octanol–water partition coefficient (Wildman–Crippen LogP) is 3.55. The van der Waals surface area contributed by atoms with Crippen molar-refractivity contribution < 1.29 is 33.4 Å². The number of hydrogen-bond acceptors (Lipinski definition) is 7. The van der Waals surface area contributed by atoms with E-state index in [2.05, 4.69) is 10.6 Å². The Morgan fingerprint density at radius 2 is 1.39 bits per heavy atom. The molecule has 2 N–H and O–H groups in total. The van der Waals surface area contributed by atoms with Crippen LogP contribution >= 0.6 is 0 Å². The standard InChI is InChI=1S/C24H28N2O7/c1-4-31-20-11-9-19(10-12-20)26-22(28)15-32-23(29)14-13-21(27)25-18-7-5-17(6-8-18)24(30)33-16(2)3/h5-12,16H,4,13-15H2,1-3H3,(H,25,27)(H,26,28). The average molecular weight is 456 g/mol. The lowest BCUT2D eigenvalue weighted by Gasteiger charge is -2.09. The molecule has 0 spiro atoms. The Balaban J connectivity index is 1.68. The molecule has 0 radical (unpaired) electrons. The number of rotatable bonds is 11. The van der Waals surface area contributed by atoms with Gasteiger partial charge in [-0.15, -0.1) is 0 Å². The van der Waals surface area contributed by atoms with Crippen molar-refractivity contribution in [2.45, 2.75) is 39.7 Å². The van der Waals surface area contributed by atoms with Gasteiger partial charge in [0.2, 0.25) is 5.91 Å². The van der Waals surface area contributed by atoms with Gasteiger partial charge in [-0.1, -0.05) is 0 Å². The van der Waals surface area contributed by atoms with Gasteiger partial charge in [-0.3, -0.25) is 14.4 Å². The fourth-order valence-corrected chi connectivity index (χ4v) is 2.63. The Kier molecular flexibility index (Phi) is 9.88. The zero-order chi connectivity index (χ0) is 24.2. The molecule has 0 aliphatic carbocycles. The maximum Gasteiger partial charge on any atom is 0.338 e. The van der Waals surface area contributed by atoms with Gasteiger partial charge in [0.25, 0.3) is 5.91 Å². The van der Waals surface area contributed by atoms with Crippen molar-refractivity contribution in [1.29, 1.82) is 0 Å². The molecule has 0 unspecified atom stereocenters. The van der Waals surface area contributed by atoms with E-state index in [9.17, 15) is 19.2 Å². The second kappa shape index (κ2) is 12.8. The molecule has 0 atom stereocenters. The smallest absolute Gasteiger partial charge is 0.338 e. The number of esters is 2. The topological polar surface area (TPSA) is 120 Å². The Morgan fingerprint density at radius 1 is 0.818 bits per heavy atom. The normalized spacial score (nSPS) is 10.3. The largest absolute Gasteiger partial charge is 0.494 e. The van der Waals surface area contributed by atoms with E-state index in [1.54, 1.807) is 50.2 Å². The molecule has 0 aromatic heterocycles. The molecule has 0 saturated heterocycles. The van der Waals surface area contributed by atoms with Crippen molar-refractivity contribution in [3.05, 3.63) is 54.1 Å². The van der Waals surface area contributed by atoms with Gasteiger partial charge in [0.05, 0.1) is 24.7 Å². The summed E-state index contributed by atoms with van der Waals surface area (Å²) in [5.41, 5.74) is 1.39. The second-order valence-corrected chi connectivity index (χ2v) is 7.25. The monoisotopic (exact) mass is 456 g/mol. The lowest BCUT2D eigenvalue weighted by molar-refractivity contribution is -0.147. The molecule has 176 valence electrons. The molecule has 0 aliphatic heterocycles. The van der Waals surface area contributed by atoms with E-state index in [-0.39, 0.29) is 18.9 Å². The van der Waals surface area contributed by atoms with Crippen molar-refractivity contribution in [2.24, 2.45) is 0 Å². The maximum atomic E-state index is 12.0.